The third-order valence-corrected chi connectivity index (χ3v) is 12.6. The van der Waals surface area contributed by atoms with Crippen LogP contribution >= 0.6 is 0 Å². The van der Waals surface area contributed by atoms with E-state index in [9.17, 15) is 33.6 Å². The molecule has 0 aromatic heterocycles. The zero-order chi connectivity index (χ0) is 51.2. The fraction of sp³-hybridized carbons (Fsp3) is 0.264. The molecule has 7 amide bonds. The number of para-hydroxylation sites is 2. The number of rotatable bonds is 18. The number of carbonyl (C=O) groups excluding carboxylic acids is 7. The lowest BCUT2D eigenvalue weighted by Gasteiger charge is -2.22. The lowest BCUT2D eigenvalue weighted by Crippen LogP contribution is -2.43. The van der Waals surface area contributed by atoms with Crippen molar-refractivity contribution in [1.29, 1.82) is 0 Å². The summed E-state index contributed by atoms with van der Waals surface area (Å²) >= 11 is 0. The normalized spacial score (nSPS) is 15.5. The maximum Gasteiger partial charge on any atom is 0.261 e. The Bertz CT molecular complexity index is 2960. The second-order valence-electron chi connectivity index (χ2n) is 17.4. The van der Waals surface area contributed by atoms with Gasteiger partial charge in [0.1, 0.15) is 13.2 Å². The van der Waals surface area contributed by atoms with Crippen LogP contribution in [-0.4, -0.2) is 107 Å². The third kappa shape index (κ3) is 10.8. The Morgan fingerprint density at radius 2 is 1.01 bits per heavy atom. The van der Waals surface area contributed by atoms with Crippen molar-refractivity contribution in [2.24, 2.45) is 9.98 Å². The van der Waals surface area contributed by atoms with E-state index in [4.69, 9.17) is 28.9 Å². The van der Waals surface area contributed by atoms with E-state index in [1.165, 1.54) is 21.3 Å². The molecule has 20 nitrogen and oxygen atoms in total. The molecule has 0 fully saturated rings. The maximum absolute atomic E-state index is 14.0. The van der Waals surface area contributed by atoms with Gasteiger partial charge in [0.25, 0.3) is 11.8 Å². The lowest BCUT2D eigenvalue weighted by atomic mass is 10.1. The molecule has 73 heavy (non-hydrogen) atoms. The molecule has 5 aromatic carbocycles. The zero-order valence-electron chi connectivity index (χ0n) is 40.1. The maximum atomic E-state index is 14.0. The number of nitrogens with one attached hydrogen (secondary N) is 5. The number of hydrogen-bond donors (Lipinski definition) is 5. The quantitative estimate of drug-likeness (QED) is 0.0831. The monoisotopic (exact) mass is 989 g/mol. The van der Waals surface area contributed by atoms with Gasteiger partial charge in [0.05, 0.1) is 68.4 Å². The largest absolute Gasteiger partial charge is 0.493 e. The summed E-state index contributed by atoms with van der Waals surface area (Å²) in [5.41, 5.74) is 6.82. The number of carbonyl (C=O) groups is 7. The van der Waals surface area contributed by atoms with Gasteiger partial charge in [-0.3, -0.25) is 53.3 Å². The predicted octanol–water partition coefficient (Wildman–Crippen LogP) is 4.25. The SMILES string of the molecule is CNC(=O)CCC(=O)NCC(=O)NCC(=O)NCC(=O)Nc1cc(COc2cc3c(cc2OC)C(=O)N2c4ccccc4C[C@H]2C=N3)cc(COc2cc3c(cc2OC)C(=O)N2c4ccccc4C[C@H]2C=N3)c1. The van der Waals surface area contributed by atoms with Crippen molar-refractivity contribution < 1.29 is 52.5 Å². The van der Waals surface area contributed by atoms with Gasteiger partial charge in [0.15, 0.2) is 23.0 Å². The molecule has 0 bridgehead atoms. The number of hydrogen-bond acceptors (Lipinski definition) is 13. The van der Waals surface area contributed by atoms with E-state index in [0.717, 1.165) is 22.5 Å². The molecule has 0 unspecified atom stereocenters. The average molecular weight is 990 g/mol. The van der Waals surface area contributed by atoms with Crippen LogP contribution in [0.3, 0.4) is 0 Å². The molecule has 4 aliphatic heterocycles. The van der Waals surface area contributed by atoms with Gasteiger partial charge >= 0.3 is 0 Å². The molecule has 20 heteroatoms. The Balaban J connectivity index is 0.904. The van der Waals surface area contributed by atoms with E-state index in [-0.39, 0.29) is 55.9 Å². The van der Waals surface area contributed by atoms with Crippen LogP contribution in [0.4, 0.5) is 28.4 Å². The highest BCUT2D eigenvalue weighted by molar-refractivity contribution is 6.16. The van der Waals surface area contributed by atoms with Gasteiger partial charge in [0, 0.05) is 74.4 Å². The van der Waals surface area contributed by atoms with Gasteiger partial charge in [-0.25, -0.2) is 0 Å². The first-order valence-electron chi connectivity index (χ1n) is 23.4. The highest BCUT2D eigenvalue weighted by Gasteiger charge is 2.38. The highest BCUT2D eigenvalue weighted by atomic mass is 16.5. The van der Waals surface area contributed by atoms with Crippen molar-refractivity contribution in [3.63, 3.8) is 0 Å². The number of fused-ring (bicyclic) bond motifs is 8. The Labute approximate surface area is 419 Å². The minimum atomic E-state index is -0.664. The smallest absolute Gasteiger partial charge is 0.261 e. The highest BCUT2D eigenvalue weighted by Crippen LogP contribution is 2.43. The van der Waals surface area contributed by atoms with Crippen LogP contribution in [0.25, 0.3) is 0 Å². The minimum Gasteiger partial charge on any atom is -0.493 e. The molecule has 5 N–H and O–H groups in total. The summed E-state index contributed by atoms with van der Waals surface area (Å²) in [6.07, 6.45) is 4.66. The number of amides is 7. The van der Waals surface area contributed by atoms with Crippen LogP contribution in [0.15, 0.2) is 101 Å². The average Bonchev–Trinajstić information content (AvgIpc) is 3.90. The first-order valence-corrected chi connectivity index (χ1v) is 23.4. The first kappa shape index (κ1) is 48.9. The molecular weight excluding hydrogens is 939 g/mol. The Hall–Kier alpha value is -9.07. The topological polar surface area (TPSA) is 248 Å². The van der Waals surface area contributed by atoms with E-state index in [0.29, 0.717) is 75.2 Å². The number of nitrogens with zero attached hydrogens (tertiary/aromatic N) is 4. The molecule has 2 atom stereocenters. The van der Waals surface area contributed by atoms with E-state index in [2.05, 4.69) is 26.6 Å². The van der Waals surface area contributed by atoms with Gasteiger partial charge in [-0.15, -0.1) is 0 Å². The minimum absolute atomic E-state index is 0.0391. The third-order valence-electron chi connectivity index (χ3n) is 12.6. The number of aliphatic imine (C=N–C) groups is 2. The van der Waals surface area contributed by atoms with Crippen LogP contribution in [0.2, 0.25) is 0 Å². The van der Waals surface area contributed by atoms with Crippen molar-refractivity contribution in [2.75, 3.05) is 56.0 Å². The molecule has 4 heterocycles. The molecule has 0 spiro atoms. The van der Waals surface area contributed by atoms with Gasteiger partial charge in [-0.2, -0.15) is 0 Å². The van der Waals surface area contributed by atoms with Crippen LogP contribution < -0.4 is 55.3 Å². The zero-order valence-corrected chi connectivity index (χ0v) is 40.1. The van der Waals surface area contributed by atoms with E-state index in [1.54, 1.807) is 58.6 Å². The fourth-order valence-corrected chi connectivity index (χ4v) is 9.01. The van der Waals surface area contributed by atoms with Crippen molar-refractivity contribution in [3.05, 3.63) is 124 Å². The summed E-state index contributed by atoms with van der Waals surface area (Å²) in [6, 6.07) is 26.8. The molecule has 5 aromatic rings. The molecule has 0 saturated carbocycles. The summed E-state index contributed by atoms with van der Waals surface area (Å²) in [7, 11) is 4.40. The molecule has 0 saturated heterocycles. The molecule has 4 aliphatic rings. The Morgan fingerprint density at radius 3 is 1.49 bits per heavy atom. The Kier molecular flexibility index (Phi) is 14.4. The number of ether oxygens (including phenoxy) is 4. The van der Waals surface area contributed by atoms with Gasteiger partial charge in [-0.1, -0.05) is 36.4 Å². The predicted molar refractivity (Wildman–Crippen MR) is 270 cm³/mol. The summed E-state index contributed by atoms with van der Waals surface area (Å²) in [5, 5.41) is 12.4. The van der Waals surface area contributed by atoms with Crippen molar-refractivity contribution >= 4 is 82.2 Å². The van der Waals surface area contributed by atoms with Gasteiger partial charge in [-0.05, 0) is 64.7 Å². The van der Waals surface area contributed by atoms with Crippen molar-refractivity contribution in [3.8, 4) is 23.0 Å². The number of methoxy groups -OCH3 is 2. The Morgan fingerprint density at radius 1 is 0.562 bits per heavy atom. The van der Waals surface area contributed by atoms with Crippen LogP contribution in [-0.2, 0) is 50.0 Å². The van der Waals surface area contributed by atoms with E-state index < -0.39 is 43.3 Å². The molecule has 9 rings (SSSR count). The van der Waals surface area contributed by atoms with E-state index >= 15 is 0 Å². The van der Waals surface area contributed by atoms with E-state index in [1.807, 2.05) is 54.6 Å². The van der Waals surface area contributed by atoms with Crippen molar-refractivity contribution in [1.82, 2.24) is 21.3 Å². The summed E-state index contributed by atoms with van der Waals surface area (Å²) in [6.45, 7) is -1.42. The van der Waals surface area contributed by atoms with Gasteiger partial charge in [0.2, 0.25) is 29.5 Å². The van der Waals surface area contributed by atoms with Crippen molar-refractivity contribution in [2.45, 2.75) is 51.0 Å². The second kappa shape index (κ2) is 21.5. The molecule has 374 valence electrons. The second-order valence-corrected chi connectivity index (χ2v) is 17.4. The van der Waals surface area contributed by atoms with Crippen LogP contribution in [0.1, 0.15) is 55.8 Å². The molecular formula is C53H51N9O11. The molecule has 0 radical (unpaired) electrons. The molecule has 0 aliphatic carbocycles. The summed E-state index contributed by atoms with van der Waals surface area (Å²) in [4.78, 5) is 102. The van der Waals surface area contributed by atoms with Gasteiger partial charge < -0.3 is 45.5 Å². The summed E-state index contributed by atoms with van der Waals surface area (Å²) < 4.78 is 24.2. The standard InChI is InChI=1S/C53H51N9O11/c1-54-47(63)12-13-48(64)57-25-49(65)58-26-50(66)59-27-51(67)60-34-15-30(28-72-45-21-39-37(19-43(45)70-2)52(68)61-35(23-55-39)17-32-8-4-6-10-41(32)61)14-31(16-34)29-73-46-22-40-38(20-44(46)71-3)53(69)62-36(24-56-40)18-33-9-5-7-11-42(33)62/h4-11,14-16,19-24,35-36H,12-13,17-18,25-29H2,1-3H3,(H,54,63)(H,57,64)(H,58,65)(H,59,66)(H,60,67)/t35-,36-/m0/s1. The van der Waals surface area contributed by atoms with Crippen LogP contribution in [0.5, 0.6) is 23.0 Å². The number of benzene rings is 5. The first-order chi connectivity index (χ1) is 35.4. The number of anilines is 3. The fourth-order valence-electron chi connectivity index (χ4n) is 9.01. The van der Waals surface area contributed by atoms with Crippen LogP contribution in [0, 0.1) is 0 Å². The lowest BCUT2D eigenvalue weighted by molar-refractivity contribution is -0.129. The summed E-state index contributed by atoms with van der Waals surface area (Å²) in [5.74, 6) is -1.93.